The van der Waals surface area contributed by atoms with Gasteiger partial charge in [0, 0.05) is 10.1 Å². The highest BCUT2D eigenvalue weighted by atomic mass is 32.2. The van der Waals surface area contributed by atoms with Crippen molar-refractivity contribution in [3.8, 4) is 5.75 Å². The van der Waals surface area contributed by atoms with Gasteiger partial charge in [0.2, 0.25) is 6.10 Å². The summed E-state index contributed by atoms with van der Waals surface area (Å²) in [5.74, 6) is 0.756. The predicted octanol–water partition coefficient (Wildman–Crippen LogP) is 5.57. The van der Waals surface area contributed by atoms with Crippen molar-refractivity contribution in [2.24, 2.45) is 0 Å². The van der Waals surface area contributed by atoms with Crippen molar-refractivity contribution in [1.29, 1.82) is 0 Å². The molecule has 0 saturated carbocycles. The minimum Gasteiger partial charge on any atom is -0.478 e. The van der Waals surface area contributed by atoms with Gasteiger partial charge in [-0.1, -0.05) is 67.1 Å². The van der Waals surface area contributed by atoms with Crippen LogP contribution >= 0.6 is 11.8 Å². The van der Waals surface area contributed by atoms with Gasteiger partial charge in [-0.3, -0.25) is 9.69 Å². The first-order valence-electron chi connectivity index (χ1n) is 9.98. The average Bonchev–Trinajstić information content (AvgIpc) is 2.85. The van der Waals surface area contributed by atoms with Crippen molar-refractivity contribution in [2.45, 2.75) is 42.1 Å². The Hall–Kier alpha value is -2.72. The van der Waals surface area contributed by atoms with Gasteiger partial charge in [-0.15, -0.1) is 11.8 Å². The summed E-state index contributed by atoms with van der Waals surface area (Å²) < 4.78 is 6.34. The summed E-state index contributed by atoms with van der Waals surface area (Å²) in [5, 5.41) is 0.345. The Balaban J connectivity index is 1.67. The molecule has 146 valence electrons. The highest BCUT2D eigenvalue weighted by molar-refractivity contribution is 8.00. The van der Waals surface area contributed by atoms with Crippen LogP contribution in [0.2, 0.25) is 0 Å². The molecule has 1 saturated heterocycles. The van der Waals surface area contributed by atoms with Gasteiger partial charge in [0.1, 0.15) is 11.3 Å². The topological polar surface area (TPSA) is 29.5 Å². The number of benzene rings is 3. The Morgan fingerprint density at radius 3 is 2.41 bits per heavy atom. The van der Waals surface area contributed by atoms with E-state index in [9.17, 15) is 4.79 Å². The lowest BCUT2D eigenvalue weighted by Gasteiger charge is -2.56. The van der Waals surface area contributed by atoms with Crippen LogP contribution in [0.15, 0.2) is 83.8 Å². The molecule has 3 nitrogen and oxygen atoms in total. The number of carbonyl (C=O) groups excluding carboxylic acids is 1. The standard InChI is InChI=1S/C25H23NO2S/c1-17-12-14-19(15-13-17)25-16-18(2)29-22-11-7-6-10-21(22)26(25)24(27)23(25)28-20-8-4-3-5-9-20/h3-15,18,23H,16H2,1-2H3/t18-,23+,25-/m0/s1. The van der Waals surface area contributed by atoms with Crippen LogP contribution in [-0.2, 0) is 10.3 Å². The van der Waals surface area contributed by atoms with Crippen LogP contribution in [0.25, 0.3) is 0 Å². The molecule has 29 heavy (non-hydrogen) atoms. The lowest BCUT2D eigenvalue weighted by Crippen LogP contribution is -2.74. The molecule has 3 atom stereocenters. The van der Waals surface area contributed by atoms with Crippen molar-refractivity contribution >= 4 is 23.4 Å². The number of anilines is 1. The quantitative estimate of drug-likeness (QED) is 0.538. The molecule has 1 fully saturated rings. The number of aryl methyl sites for hydroxylation is 1. The molecule has 3 aromatic carbocycles. The second-order valence-corrected chi connectivity index (χ2v) is 9.36. The molecule has 0 unspecified atom stereocenters. The van der Waals surface area contributed by atoms with Crippen LogP contribution in [0.1, 0.15) is 24.5 Å². The van der Waals surface area contributed by atoms with Gasteiger partial charge in [0.05, 0.1) is 5.69 Å². The maximum atomic E-state index is 13.5. The molecule has 0 bridgehead atoms. The molecule has 1 amide bonds. The highest BCUT2D eigenvalue weighted by Crippen LogP contribution is 2.55. The third-order valence-electron chi connectivity index (χ3n) is 5.86. The van der Waals surface area contributed by atoms with Gasteiger partial charge >= 0.3 is 0 Å². The first-order chi connectivity index (χ1) is 14.1. The Morgan fingerprint density at radius 1 is 0.966 bits per heavy atom. The van der Waals surface area contributed by atoms with E-state index in [1.807, 2.05) is 59.1 Å². The Morgan fingerprint density at radius 2 is 1.66 bits per heavy atom. The molecule has 0 radical (unpaired) electrons. The second-order valence-electron chi connectivity index (χ2n) is 7.88. The van der Waals surface area contributed by atoms with Gasteiger partial charge in [0.25, 0.3) is 5.91 Å². The van der Waals surface area contributed by atoms with E-state index in [0.717, 1.165) is 28.3 Å². The number of nitrogens with zero attached hydrogens (tertiary/aromatic N) is 1. The van der Waals surface area contributed by atoms with E-state index in [-0.39, 0.29) is 5.91 Å². The van der Waals surface area contributed by atoms with Gasteiger partial charge in [-0.05, 0) is 43.2 Å². The Labute approximate surface area is 175 Å². The number of hydrogen-bond acceptors (Lipinski definition) is 3. The normalized spacial score (nSPS) is 25.4. The smallest absolute Gasteiger partial charge is 0.271 e. The van der Waals surface area contributed by atoms with Crippen LogP contribution in [0.5, 0.6) is 5.75 Å². The van der Waals surface area contributed by atoms with Crippen LogP contribution in [0.4, 0.5) is 5.69 Å². The van der Waals surface area contributed by atoms with Gasteiger partial charge in [-0.25, -0.2) is 0 Å². The largest absolute Gasteiger partial charge is 0.478 e. The molecule has 3 aromatic rings. The summed E-state index contributed by atoms with van der Waals surface area (Å²) in [7, 11) is 0. The second kappa shape index (κ2) is 6.96. The van der Waals surface area contributed by atoms with Crippen LogP contribution in [0, 0.1) is 6.92 Å². The van der Waals surface area contributed by atoms with Gasteiger partial charge in [-0.2, -0.15) is 0 Å². The summed E-state index contributed by atoms with van der Waals surface area (Å²) >= 11 is 1.84. The first kappa shape index (κ1) is 18.3. The van der Waals surface area contributed by atoms with Crippen LogP contribution in [0.3, 0.4) is 0 Å². The van der Waals surface area contributed by atoms with E-state index < -0.39 is 11.6 Å². The fraction of sp³-hybridized carbons (Fsp3) is 0.240. The lowest BCUT2D eigenvalue weighted by molar-refractivity contribution is -0.142. The Kier molecular flexibility index (Phi) is 4.39. The third-order valence-corrected chi connectivity index (χ3v) is 7.03. The van der Waals surface area contributed by atoms with Crippen molar-refractivity contribution in [3.05, 3.63) is 90.0 Å². The fourth-order valence-corrected chi connectivity index (χ4v) is 5.77. The molecular formula is C25H23NO2S. The summed E-state index contributed by atoms with van der Waals surface area (Å²) in [6.07, 6.45) is 0.292. The number of hydrogen-bond donors (Lipinski definition) is 0. The SMILES string of the molecule is Cc1ccc([C@]23C[C@H](C)Sc4ccccc4N2C(=O)[C@H]3Oc2ccccc2)cc1. The maximum Gasteiger partial charge on any atom is 0.271 e. The molecule has 4 heteroatoms. The minimum atomic E-state index is -0.540. The predicted molar refractivity (Wildman–Crippen MR) is 118 cm³/mol. The number of β-lactam (4-membered cyclic amide) rings is 1. The molecule has 0 aromatic heterocycles. The summed E-state index contributed by atoms with van der Waals surface area (Å²) in [6.45, 7) is 4.33. The lowest BCUT2D eigenvalue weighted by atomic mass is 9.71. The molecule has 0 aliphatic carbocycles. The first-order valence-corrected chi connectivity index (χ1v) is 10.9. The summed E-state index contributed by atoms with van der Waals surface area (Å²) in [5.41, 5.74) is 2.81. The number of fused-ring (bicyclic) bond motifs is 3. The highest BCUT2D eigenvalue weighted by Gasteiger charge is 2.65. The van der Waals surface area contributed by atoms with E-state index in [4.69, 9.17) is 4.74 Å². The van der Waals surface area contributed by atoms with E-state index in [1.54, 1.807) is 0 Å². The third kappa shape index (κ3) is 2.85. The summed E-state index contributed by atoms with van der Waals surface area (Å²) in [4.78, 5) is 16.6. The molecule has 0 spiro atoms. The number of rotatable bonds is 3. The van der Waals surface area contributed by atoms with Crippen molar-refractivity contribution < 1.29 is 9.53 Å². The minimum absolute atomic E-state index is 0.0246. The van der Waals surface area contributed by atoms with Gasteiger partial charge < -0.3 is 4.74 Å². The van der Waals surface area contributed by atoms with E-state index >= 15 is 0 Å². The number of para-hydroxylation sites is 2. The van der Waals surface area contributed by atoms with E-state index in [1.165, 1.54) is 5.56 Å². The van der Waals surface area contributed by atoms with Crippen LogP contribution in [-0.4, -0.2) is 17.3 Å². The molecule has 2 heterocycles. The number of amides is 1. The number of ether oxygens (including phenoxy) is 1. The summed E-state index contributed by atoms with van der Waals surface area (Å²) in [6, 6.07) is 26.4. The molecule has 5 rings (SSSR count). The monoisotopic (exact) mass is 401 g/mol. The molecule has 2 aliphatic heterocycles. The van der Waals surface area contributed by atoms with Gasteiger partial charge in [0.15, 0.2) is 0 Å². The molecule has 0 N–H and O–H groups in total. The van der Waals surface area contributed by atoms with Crippen molar-refractivity contribution in [3.63, 3.8) is 0 Å². The number of thioether (sulfide) groups is 1. The average molecular weight is 402 g/mol. The molecule has 2 aliphatic rings. The Bertz CT molecular complexity index is 1050. The van der Waals surface area contributed by atoms with Crippen molar-refractivity contribution in [2.75, 3.05) is 4.90 Å². The zero-order chi connectivity index (χ0) is 20.0. The zero-order valence-electron chi connectivity index (χ0n) is 16.5. The van der Waals surface area contributed by atoms with Crippen LogP contribution < -0.4 is 9.64 Å². The zero-order valence-corrected chi connectivity index (χ0v) is 17.4. The van der Waals surface area contributed by atoms with E-state index in [2.05, 4.69) is 50.2 Å². The van der Waals surface area contributed by atoms with E-state index in [0.29, 0.717) is 5.25 Å². The number of carbonyl (C=O) groups is 1. The van der Waals surface area contributed by atoms with Crippen molar-refractivity contribution in [1.82, 2.24) is 0 Å². The fourth-order valence-electron chi connectivity index (χ4n) is 4.56. The maximum absolute atomic E-state index is 13.5. The molecular weight excluding hydrogens is 378 g/mol.